The van der Waals surface area contributed by atoms with Crippen LogP contribution in [0.3, 0.4) is 0 Å². The first-order valence-corrected chi connectivity index (χ1v) is 8.88. The fourth-order valence-corrected chi connectivity index (χ4v) is 3.29. The molecular weight excluding hydrogens is 350 g/mol. The van der Waals surface area contributed by atoms with Gasteiger partial charge >= 0.3 is 0 Å². The summed E-state index contributed by atoms with van der Waals surface area (Å²) in [6.45, 7) is 4.26. The Morgan fingerprint density at radius 1 is 1.23 bits per heavy atom. The molecule has 26 heavy (non-hydrogen) atoms. The molecule has 0 saturated heterocycles. The van der Waals surface area contributed by atoms with Gasteiger partial charge in [-0.15, -0.1) is 0 Å². The number of hydrogen-bond acceptors (Lipinski definition) is 5. The number of hydrogen-bond donors (Lipinski definition) is 1. The molecule has 2 aromatic carbocycles. The lowest BCUT2D eigenvalue weighted by atomic mass is 10.0. The molecule has 7 heteroatoms. The van der Waals surface area contributed by atoms with E-state index in [1.807, 2.05) is 24.3 Å². The molecule has 0 bridgehead atoms. The van der Waals surface area contributed by atoms with Crippen LogP contribution in [0.25, 0.3) is 16.3 Å². The van der Waals surface area contributed by atoms with Crippen molar-refractivity contribution in [2.45, 2.75) is 19.8 Å². The molecule has 132 valence electrons. The molecule has 0 spiro atoms. The standard InChI is InChI=1S/C19H17N3O3S/c1-12(2)14-6-3-13(4-7-14)5-10-18(23)21-19-20-16-9-8-15(22(24)25)11-17(16)26-19/h3-12H,1-2H3,(H,20,21,23)/b10-5+. The third-order valence-corrected chi connectivity index (χ3v) is 4.78. The summed E-state index contributed by atoms with van der Waals surface area (Å²) < 4.78 is 0.655. The highest BCUT2D eigenvalue weighted by atomic mass is 32.1. The minimum atomic E-state index is -0.454. The van der Waals surface area contributed by atoms with Crippen LogP contribution in [0.1, 0.15) is 30.9 Å². The van der Waals surface area contributed by atoms with Crippen molar-refractivity contribution in [3.63, 3.8) is 0 Å². The second kappa shape index (κ2) is 7.45. The number of anilines is 1. The summed E-state index contributed by atoms with van der Waals surface area (Å²) in [7, 11) is 0. The molecule has 0 atom stereocenters. The Kier molecular flexibility index (Phi) is 5.09. The van der Waals surface area contributed by atoms with Gasteiger partial charge in [0, 0.05) is 18.2 Å². The maximum atomic E-state index is 12.1. The minimum absolute atomic E-state index is 0.00349. The highest BCUT2D eigenvalue weighted by Gasteiger charge is 2.11. The third-order valence-electron chi connectivity index (χ3n) is 3.84. The van der Waals surface area contributed by atoms with Gasteiger partial charge in [-0.05, 0) is 29.2 Å². The van der Waals surface area contributed by atoms with E-state index in [0.29, 0.717) is 21.3 Å². The molecule has 1 heterocycles. The molecule has 1 amide bonds. The quantitative estimate of drug-likeness (QED) is 0.391. The molecule has 0 saturated carbocycles. The first-order valence-electron chi connectivity index (χ1n) is 8.06. The van der Waals surface area contributed by atoms with E-state index >= 15 is 0 Å². The molecule has 6 nitrogen and oxygen atoms in total. The molecule has 3 aromatic rings. The van der Waals surface area contributed by atoms with Gasteiger partial charge < -0.3 is 0 Å². The van der Waals surface area contributed by atoms with Crippen LogP contribution in [0.15, 0.2) is 48.5 Å². The number of nitrogens with zero attached hydrogens (tertiary/aromatic N) is 2. The Labute approximate surface area is 154 Å². The van der Waals surface area contributed by atoms with E-state index in [4.69, 9.17) is 0 Å². The van der Waals surface area contributed by atoms with Crippen LogP contribution < -0.4 is 5.32 Å². The molecule has 0 unspecified atom stereocenters. The van der Waals surface area contributed by atoms with Gasteiger partial charge in [0.25, 0.3) is 5.69 Å². The zero-order valence-corrected chi connectivity index (χ0v) is 15.1. The monoisotopic (exact) mass is 367 g/mol. The highest BCUT2D eigenvalue weighted by molar-refractivity contribution is 7.22. The molecule has 0 aliphatic rings. The fraction of sp³-hybridized carbons (Fsp3) is 0.158. The van der Waals surface area contributed by atoms with Crippen molar-refractivity contribution in [2.75, 3.05) is 5.32 Å². The summed E-state index contributed by atoms with van der Waals surface area (Å²) in [5, 5.41) is 13.9. The van der Waals surface area contributed by atoms with E-state index in [1.54, 1.807) is 12.1 Å². The zero-order valence-electron chi connectivity index (χ0n) is 14.3. The van der Waals surface area contributed by atoms with E-state index < -0.39 is 4.92 Å². The molecule has 0 aliphatic carbocycles. The fourth-order valence-electron chi connectivity index (χ4n) is 2.39. The van der Waals surface area contributed by atoms with Crippen molar-refractivity contribution < 1.29 is 9.72 Å². The summed E-state index contributed by atoms with van der Waals surface area (Å²) >= 11 is 1.20. The number of nitrogens with one attached hydrogen (secondary N) is 1. The number of thiazole rings is 1. The lowest BCUT2D eigenvalue weighted by Gasteiger charge is -2.04. The van der Waals surface area contributed by atoms with Gasteiger partial charge in [-0.2, -0.15) is 0 Å². The number of carbonyl (C=O) groups is 1. The van der Waals surface area contributed by atoms with E-state index in [9.17, 15) is 14.9 Å². The molecule has 0 radical (unpaired) electrons. The summed E-state index contributed by atoms with van der Waals surface area (Å²) in [4.78, 5) is 26.7. The molecule has 0 aliphatic heterocycles. The van der Waals surface area contributed by atoms with Crippen molar-refractivity contribution in [3.8, 4) is 0 Å². The topological polar surface area (TPSA) is 85.1 Å². The van der Waals surface area contributed by atoms with Crippen LogP contribution in [-0.2, 0) is 4.79 Å². The minimum Gasteiger partial charge on any atom is -0.298 e. The Morgan fingerprint density at radius 3 is 2.62 bits per heavy atom. The zero-order chi connectivity index (χ0) is 18.7. The molecule has 3 rings (SSSR count). The van der Waals surface area contributed by atoms with Gasteiger partial charge in [0.2, 0.25) is 5.91 Å². The molecule has 0 fully saturated rings. The van der Waals surface area contributed by atoms with E-state index in [1.165, 1.54) is 35.1 Å². The maximum absolute atomic E-state index is 12.1. The van der Waals surface area contributed by atoms with E-state index in [-0.39, 0.29) is 11.6 Å². The van der Waals surface area contributed by atoms with E-state index in [0.717, 1.165) is 5.56 Å². The van der Waals surface area contributed by atoms with Crippen molar-refractivity contribution in [3.05, 3.63) is 69.8 Å². The Morgan fingerprint density at radius 2 is 1.96 bits per heavy atom. The van der Waals surface area contributed by atoms with Crippen molar-refractivity contribution in [2.24, 2.45) is 0 Å². The number of nitro benzene ring substituents is 1. The second-order valence-electron chi connectivity index (χ2n) is 6.07. The number of fused-ring (bicyclic) bond motifs is 1. The van der Waals surface area contributed by atoms with Crippen LogP contribution in [0, 0.1) is 10.1 Å². The van der Waals surface area contributed by atoms with Crippen LogP contribution in [0.4, 0.5) is 10.8 Å². The average molecular weight is 367 g/mol. The lowest BCUT2D eigenvalue weighted by Crippen LogP contribution is -2.07. The van der Waals surface area contributed by atoms with Gasteiger partial charge in [-0.3, -0.25) is 20.2 Å². The summed E-state index contributed by atoms with van der Waals surface area (Å²) in [5.74, 6) is 0.165. The Bertz CT molecular complexity index is 991. The van der Waals surface area contributed by atoms with Gasteiger partial charge in [-0.1, -0.05) is 49.4 Å². The second-order valence-corrected chi connectivity index (χ2v) is 7.10. The summed E-state index contributed by atoms with van der Waals surface area (Å²) in [6.07, 6.45) is 3.18. The maximum Gasteiger partial charge on any atom is 0.270 e. The number of non-ortho nitro benzene ring substituents is 1. The van der Waals surface area contributed by atoms with Crippen molar-refractivity contribution >= 4 is 44.4 Å². The van der Waals surface area contributed by atoms with Crippen LogP contribution in [0.5, 0.6) is 0 Å². The van der Waals surface area contributed by atoms with Crippen LogP contribution >= 0.6 is 11.3 Å². The van der Waals surface area contributed by atoms with E-state index in [2.05, 4.69) is 24.1 Å². The number of nitro groups is 1. The number of rotatable bonds is 5. The average Bonchev–Trinajstić information content (AvgIpc) is 3.01. The summed E-state index contributed by atoms with van der Waals surface area (Å²) in [6, 6.07) is 12.5. The SMILES string of the molecule is CC(C)c1ccc(/C=C/C(=O)Nc2nc3ccc([N+](=O)[O-])cc3s2)cc1. The number of carbonyl (C=O) groups excluding carboxylic acids is 1. The van der Waals surface area contributed by atoms with Crippen molar-refractivity contribution in [1.82, 2.24) is 4.98 Å². The smallest absolute Gasteiger partial charge is 0.270 e. The Hall–Kier alpha value is -3.06. The Balaban J connectivity index is 1.69. The van der Waals surface area contributed by atoms with Gasteiger partial charge in [0.15, 0.2) is 5.13 Å². The number of aromatic nitrogens is 1. The lowest BCUT2D eigenvalue weighted by molar-refractivity contribution is -0.384. The largest absolute Gasteiger partial charge is 0.298 e. The predicted molar refractivity (Wildman–Crippen MR) is 104 cm³/mol. The number of amides is 1. The summed E-state index contributed by atoms with van der Waals surface area (Å²) in [5.41, 5.74) is 2.80. The van der Waals surface area contributed by atoms with Gasteiger partial charge in [0.05, 0.1) is 15.1 Å². The van der Waals surface area contributed by atoms with Crippen LogP contribution in [-0.4, -0.2) is 15.8 Å². The molecule has 1 N–H and O–H groups in total. The molecular formula is C19H17N3O3S. The van der Waals surface area contributed by atoms with Gasteiger partial charge in [0.1, 0.15) is 0 Å². The highest BCUT2D eigenvalue weighted by Crippen LogP contribution is 2.29. The first kappa shape index (κ1) is 17.8. The number of benzene rings is 2. The normalized spacial score (nSPS) is 11.3. The van der Waals surface area contributed by atoms with Crippen molar-refractivity contribution in [1.29, 1.82) is 0 Å². The predicted octanol–water partition coefficient (Wildman–Crippen LogP) is 4.98. The molecule has 1 aromatic heterocycles. The first-order chi connectivity index (χ1) is 12.4. The van der Waals surface area contributed by atoms with Crippen LogP contribution in [0.2, 0.25) is 0 Å². The third kappa shape index (κ3) is 4.12. The van der Waals surface area contributed by atoms with Gasteiger partial charge in [-0.25, -0.2) is 4.98 Å².